The first-order valence-corrected chi connectivity index (χ1v) is 4.73. The second kappa shape index (κ2) is 4.76. The molecule has 0 spiro atoms. The molecule has 0 aliphatic heterocycles. The number of aromatic amines is 1. The lowest BCUT2D eigenvalue weighted by Gasteiger charge is -2.18. The summed E-state index contributed by atoms with van der Waals surface area (Å²) in [7, 11) is 0. The summed E-state index contributed by atoms with van der Waals surface area (Å²) in [6.07, 6.45) is 1.53. The monoisotopic (exact) mass is 196 g/mol. The number of hydrogen-bond acceptors (Lipinski definition) is 4. The fourth-order valence-corrected chi connectivity index (χ4v) is 1.25. The van der Waals surface area contributed by atoms with Crippen molar-refractivity contribution in [2.24, 2.45) is 0 Å². The highest BCUT2D eigenvalue weighted by Crippen LogP contribution is 2.07. The van der Waals surface area contributed by atoms with Crippen LogP contribution < -0.4 is 11.4 Å². The van der Waals surface area contributed by atoms with Gasteiger partial charge in [-0.25, -0.2) is 9.78 Å². The molecule has 0 saturated carbocycles. The van der Waals surface area contributed by atoms with Gasteiger partial charge in [-0.1, -0.05) is 13.8 Å². The summed E-state index contributed by atoms with van der Waals surface area (Å²) in [6, 6.07) is 0. The van der Waals surface area contributed by atoms with Gasteiger partial charge in [-0.15, -0.1) is 0 Å². The van der Waals surface area contributed by atoms with Gasteiger partial charge in [0, 0.05) is 18.3 Å². The largest absolute Gasteiger partial charge is 0.385 e. The van der Waals surface area contributed by atoms with Crippen LogP contribution in [-0.2, 0) is 6.54 Å². The molecule has 3 N–H and O–H groups in total. The van der Waals surface area contributed by atoms with E-state index >= 15 is 0 Å². The fourth-order valence-electron chi connectivity index (χ4n) is 1.25. The van der Waals surface area contributed by atoms with Crippen LogP contribution in [0.15, 0.2) is 11.0 Å². The zero-order valence-corrected chi connectivity index (χ0v) is 8.58. The fraction of sp³-hybridized carbons (Fsp3) is 0.556. The summed E-state index contributed by atoms with van der Waals surface area (Å²) < 4.78 is 0. The first kappa shape index (κ1) is 10.7. The van der Waals surface area contributed by atoms with E-state index in [1.807, 2.05) is 0 Å². The topological polar surface area (TPSA) is 75.0 Å². The highest BCUT2D eigenvalue weighted by Gasteiger charge is 2.05. The van der Waals surface area contributed by atoms with Crippen molar-refractivity contribution in [3.8, 4) is 0 Å². The number of nitrogens with one attached hydrogen (secondary N) is 1. The van der Waals surface area contributed by atoms with Crippen molar-refractivity contribution in [3.63, 3.8) is 0 Å². The van der Waals surface area contributed by atoms with Crippen LogP contribution in [0.2, 0.25) is 0 Å². The molecule has 0 fully saturated rings. The van der Waals surface area contributed by atoms with Gasteiger partial charge in [0.1, 0.15) is 5.82 Å². The van der Waals surface area contributed by atoms with Crippen molar-refractivity contribution in [3.05, 3.63) is 22.2 Å². The summed E-state index contributed by atoms with van der Waals surface area (Å²) >= 11 is 0. The maximum atomic E-state index is 10.8. The summed E-state index contributed by atoms with van der Waals surface area (Å²) in [5, 5.41) is 0. The molecule has 0 aliphatic rings. The van der Waals surface area contributed by atoms with Crippen LogP contribution in [0.3, 0.4) is 0 Å². The quantitative estimate of drug-likeness (QED) is 0.721. The number of nitrogens with two attached hydrogens (primary N) is 1. The SMILES string of the molecule is CCN(CC)Cc1cnc(=O)[nH]c1N. The van der Waals surface area contributed by atoms with E-state index in [4.69, 9.17) is 5.73 Å². The van der Waals surface area contributed by atoms with Gasteiger partial charge in [-0.05, 0) is 13.1 Å². The second-order valence-electron chi connectivity index (χ2n) is 3.09. The molecule has 0 radical (unpaired) electrons. The number of H-pyrrole nitrogens is 1. The van der Waals surface area contributed by atoms with Gasteiger partial charge in [0.15, 0.2) is 0 Å². The van der Waals surface area contributed by atoms with Crippen LogP contribution in [0.1, 0.15) is 19.4 Å². The molecule has 78 valence electrons. The minimum atomic E-state index is -0.397. The molecule has 0 saturated heterocycles. The van der Waals surface area contributed by atoms with Gasteiger partial charge < -0.3 is 5.73 Å². The smallest absolute Gasteiger partial charge is 0.346 e. The molecule has 5 nitrogen and oxygen atoms in total. The summed E-state index contributed by atoms with van der Waals surface area (Å²) in [4.78, 5) is 19.1. The van der Waals surface area contributed by atoms with Crippen molar-refractivity contribution in [1.82, 2.24) is 14.9 Å². The van der Waals surface area contributed by atoms with E-state index in [-0.39, 0.29) is 0 Å². The summed E-state index contributed by atoms with van der Waals surface area (Å²) in [5.74, 6) is 0.414. The third-order valence-corrected chi connectivity index (χ3v) is 2.21. The molecular formula is C9H16N4O. The Morgan fingerprint density at radius 1 is 1.50 bits per heavy atom. The van der Waals surface area contributed by atoms with Gasteiger partial charge in [0.05, 0.1) is 0 Å². The van der Waals surface area contributed by atoms with Crippen LogP contribution in [0, 0.1) is 0 Å². The molecule has 1 aromatic heterocycles. The Balaban J connectivity index is 2.81. The lowest BCUT2D eigenvalue weighted by atomic mass is 10.3. The number of rotatable bonds is 4. The van der Waals surface area contributed by atoms with Crippen molar-refractivity contribution in [2.45, 2.75) is 20.4 Å². The standard InChI is InChI=1S/C9H16N4O/c1-3-13(4-2)6-7-5-11-9(14)12-8(7)10/h5H,3-4,6H2,1-2H3,(H3,10,11,12,14). The summed E-state index contributed by atoms with van der Waals surface area (Å²) in [5.41, 5.74) is 6.13. The van der Waals surface area contributed by atoms with Gasteiger partial charge in [-0.2, -0.15) is 0 Å². The Hall–Kier alpha value is -1.36. The van der Waals surface area contributed by atoms with Crippen LogP contribution in [-0.4, -0.2) is 28.0 Å². The molecule has 1 rings (SSSR count). The third-order valence-electron chi connectivity index (χ3n) is 2.21. The molecule has 0 unspecified atom stereocenters. The Labute approximate surface area is 83.0 Å². The van der Waals surface area contributed by atoms with Gasteiger partial charge in [0.25, 0.3) is 0 Å². The van der Waals surface area contributed by atoms with Crippen LogP contribution in [0.25, 0.3) is 0 Å². The van der Waals surface area contributed by atoms with E-state index in [9.17, 15) is 4.79 Å². The highest BCUT2D eigenvalue weighted by molar-refractivity contribution is 5.36. The van der Waals surface area contributed by atoms with E-state index in [1.165, 1.54) is 6.20 Å². The number of hydrogen-bond donors (Lipinski definition) is 2. The predicted molar refractivity (Wildman–Crippen MR) is 55.9 cm³/mol. The first-order chi connectivity index (χ1) is 6.67. The molecule has 0 aromatic carbocycles. The van der Waals surface area contributed by atoms with E-state index in [0.29, 0.717) is 5.82 Å². The highest BCUT2D eigenvalue weighted by atomic mass is 16.1. The molecule has 0 aliphatic carbocycles. The number of aromatic nitrogens is 2. The summed E-state index contributed by atoms with van der Waals surface area (Å²) in [6.45, 7) is 6.80. The van der Waals surface area contributed by atoms with Crippen molar-refractivity contribution in [2.75, 3.05) is 18.8 Å². The number of anilines is 1. The number of nitrogen functional groups attached to an aromatic ring is 1. The Morgan fingerprint density at radius 2 is 2.14 bits per heavy atom. The normalized spacial score (nSPS) is 10.8. The first-order valence-electron chi connectivity index (χ1n) is 4.73. The van der Waals surface area contributed by atoms with Crippen LogP contribution in [0.5, 0.6) is 0 Å². The van der Waals surface area contributed by atoms with E-state index in [0.717, 1.165) is 25.2 Å². The lowest BCUT2D eigenvalue weighted by Crippen LogP contribution is -2.24. The van der Waals surface area contributed by atoms with Gasteiger partial charge in [-0.3, -0.25) is 9.88 Å². The molecule has 14 heavy (non-hydrogen) atoms. The minimum Gasteiger partial charge on any atom is -0.385 e. The number of nitrogens with zero attached hydrogens (tertiary/aromatic N) is 2. The lowest BCUT2D eigenvalue weighted by molar-refractivity contribution is 0.295. The van der Waals surface area contributed by atoms with E-state index in [1.54, 1.807) is 0 Å². The predicted octanol–water partition coefficient (Wildman–Crippen LogP) is 0.194. The molecule has 5 heteroatoms. The molecule has 0 atom stereocenters. The Morgan fingerprint density at radius 3 is 2.64 bits per heavy atom. The second-order valence-corrected chi connectivity index (χ2v) is 3.09. The van der Waals surface area contributed by atoms with Crippen LogP contribution >= 0.6 is 0 Å². The van der Waals surface area contributed by atoms with Gasteiger partial charge in [0.2, 0.25) is 0 Å². The van der Waals surface area contributed by atoms with Crippen LogP contribution in [0.4, 0.5) is 5.82 Å². The molecule has 0 amide bonds. The maximum absolute atomic E-state index is 10.8. The zero-order valence-electron chi connectivity index (χ0n) is 8.58. The van der Waals surface area contributed by atoms with Crippen molar-refractivity contribution >= 4 is 5.82 Å². The molecule has 0 bridgehead atoms. The molecular weight excluding hydrogens is 180 g/mol. The average Bonchev–Trinajstić information content (AvgIpc) is 2.17. The van der Waals surface area contributed by atoms with Gasteiger partial charge >= 0.3 is 5.69 Å². The minimum absolute atomic E-state index is 0.397. The molecule has 1 heterocycles. The zero-order chi connectivity index (χ0) is 10.6. The Kier molecular flexibility index (Phi) is 3.64. The van der Waals surface area contributed by atoms with Crippen molar-refractivity contribution < 1.29 is 0 Å². The van der Waals surface area contributed by atoms with E-state index < -0.39 is 5.69 Å². The average molecular weight is 196 g/mol. The Bertz CT molecular complexity index is 343. The third kappa shape index (κ3) is 2.56. The van der Waals surface area contributed by atoms with E-state index in [2.05, 4.69) is 28.7 Å². The van der Waals surface area contributed by atoms with Crippen molar-refractivity contribution in [1.29, 1.82) is 0 Å². The molecule has 1 aromatic rings. The maximum Gasteiger partial charge on any atom is 0.346 e.